The predicted octanol–water partition coefficient (Wildman–Crippen LogP) is 2.31. The highest BCUT2D eigenvalue weighted by molar-refractivity contribution is 5.85. The summed E-state index contributed by atoms with van der Waals surface area (Å²) in [6, 6.07) is 0.428. The number of carbonyl (C=O) groups excluding carboxylic acids is 1. The van der Waals surface area contributed by atoms with Gasteiger partial charge in [-0.05, 0) is 6.07 Å². The third-order valence-corrected chi connectivity index (χ3v) is 2.07. The fraction of sp³-hybridized carbons (Fsp3) is 0.222. The average molecular weight is 254 g/mol. The second kappa shape index (κ2) is 4.61. The van der Waals surface area contributed by atoms with E-state index < -0.39 is 29.6 Å². The zero-order valence-corrected chi connectivity index (χ0v) is 8.61. The first kappa shape index (κ1) is 12.6. The maximum Gasteiger partial charge on any atom is 0.407 e. The first-order valence-corrected chi connectivity index (χ1v) is 4.15. The Kier molecular flexibility index (Phi) is 3.64. The van der Waals surface area contributed by atoms with Crippen molar-refractivity contribution in [3.8, 4) is 0 Å². The Bertz CT molecular complexity index is 427. The molecule has 0 saturated carbocycles. The SMILES string of the molecule is Cl.O=C1N[C@@H](c2cc(F)cc(F)c2F)CO1. The van der Waals surface area contributed by atoms with Crippen LogP contribution in [0.5, 0.6) is 0 Å². The molecule has 1 atom stereocenters. The van der Waals surface area contributed by atoms with E-state index in [0.717, 1.165) is 6.07 Å². The molecule has 3 nitrogen and oxygen atoms in total. The van der Waals surface area contributed by atoms with E-state index in [-0.39, 0.29) is 24.6 Å². The van der Waals surface area contributed by atoms with E-state index in [9.17, 15) is 18.0 Å². The molecule has 0 aliphatic carbocycles. The quantitative estimate of drug-likeness (QED) is 0.780. The van der Waals surface area contributed by atoms with E-state index in [1.807, 2.05) is 0 Å². The van der Waals surface area contributed by atoms with Crippen LogP contribution in [0.25, 0.3) is 0 Å². The summed E-state index contributed by atoms with van der Waals surface area (Å²) >= 11 is 0. The minimum Gasteiger partial charge on any atom is -0.447 e. The lowest BCUT2D eigenvalue weighted by molar-refractivity contribution is 0.176. The highest BCUT2D eigenvalue weighted by Gasteiger charge is 2.28. The van der Waals surface area contributed by atoms with E-state index in [4.69, 9.17) is 0 Å². The van der Waals surface area contributed by atoms with Gasteiger partial charge in [-0.1, -0.05) is 0 Å². The second-order valence-corrected chi connectivity index (χ2v) is 3.09. The predicted molar refractivity (Wildman–Crippen MR) is 50.8 cm³/mol. The summed E-state index contributed by atoms with van der Waals surface area (Å²) in [5.41, 5.74) is -0.252. The van der Waals surface area contributed by atoms with Crippen LogP contribution in [0.3, 0.4) is 0 Å². The molecule has 1 fully saturated rings. The first-order chi connectivity index (χ1) is 7.08. The molecule has 1 aliphatic rings. The van der Waals surface area contributed by atoms with Crippen LogP contribution in [0.4, 0.5) is 18.0 Å². The van der Waals surface area contributed by atoms with E-state index in [1.54, 1.807) is 0 Å². The molecule has 16 heavy (non-hydrogen) atoms. The van der Waals surface area contributed by atoms with Crippen molar-refractivity contribution < 1.29 is 22.7 Å². The van der Waals surface area contributed by atoms with Gasteiger partial charge >= 0.3 is 6.09 Å². The van der Waals surface area contributed by atoms with Gasteiger partial charge in [0.05, 0.1) is 6.04 Å². The average Bonchev–Trinajstić information content (AvgIpc) is 2.58. The van der Waals surface area contributed by atoms with E-state index >= 15 is 0 Å². The Balaban J connectivity index is 0.00000128. The summed E-state index contributed by atoms with van der Waals surface area (Å²) in [5, 5.41) is 2.23. The number of nitrogens with one attached hydrogen (secondary N) is 1. The number of rotatable bonds is 1. The van der Waals surface area contributed by atoms with Crippen molar-refractivity contribution in [1.82, 2.24) is 5.32 Å². The highest BCUT2D eigenvalue weighted by Crippen LogP contribution is 2.23. The number of ether oxygens (including phenoxy) is 1. The molecule has 0 bridgehead atoms. The van der Waals surface area contributed by atoms with Crippen LogP contribution in [0.1, 0.15) is 11.6 Å². The minimum absolute atomic E-state index is 0. The van der Waals surface area contributed by atoms with Crippen LogP contribution < -0.4 is 5.32 Å². The number of benzene rings is 1. The smallest absolute Gasteiger partial charge is 0.407 e. The maximum atomic E-state index is 13.2. The van der Waals surface area contributed by atoms with Crippen molar-refractivity contribution in [3.05, 3.63) is 35.1 Å². The van der Waals surface area contributed by atoms with Crippen molar-refractivity contribution in [2.24, 2.45) is 0 Å². The highest BCUT2D eigenvalue weighted by atomic mass is 35.5. The Morgan fingerprint density at radius 2 is 2.00 bits per heavy atom. The minimum atomic E-state index is -1.29. The molecular formula is C9H7ClF3NO2. The molecule has 7 heteroatoms. The summed E-state index contributed by atoms with van der Waals surface area (Å²) in [6.45, 7) is -0.140. The van der Waals surface area contributed by atoms with Crippen LogP contribution in [0.15, 0.2) is 12.1 Å². The third-order valence-electron chi connectivity index (χ3n) is 2.07. The number of hydrogen-bond acceptors (Lipinski definition) is 2. The lowest BCUT2D eigenvalue weighted by Crippen LogP contribution is -2.20. The van der Waals surface area contributed by atoms with Gasteiger partial charge in [0.2, 0.25) is 0 Å². The Morgan fingerprint density at radius 3 is 2.56 bits per heavy atom. The summed E-state index contributed by atoms with van der Waals surface area (Å²) in [5.74, 6) is -3.36. The van der Waals surface area contributed by atoms with Gasteiger partial charge in [-0.3, -0.25) is 0 Å². The molecule has 2 rings (SSSR count). The van der Waals surface area contributed by atoms with Crippen molar-refractivity contribution in [1.29, 1.82) is 0 Å². The number of halogens is 4. The molecule has 1 heterocycles. The number of hydrogen-bond donors (Lipinski definition) is 1. The van der Waals surface area contributed by atoms with Gasteiger partial charge in [-0.2, -0.15) is 0 Å². The first-order valence-electron chi connectivity index (χ1n) is 4.15. The van der Waals surface area contributed by atoms with Gasteiger partial charge in [0.1, 0.15) is 12.4 Å². The Labute approximate surface area is 95.0 Å². The number of alkyl carbamates (subject to hydrolysis) is 1. The number of amides is 1. The molecule has 1 N–H and O–H groups in total. The van der Waals surface area contributed by atoms with Crippen LogP contribution in [0.2, 0.25) is 0 Å². The Morgan fingerprint density at radius 1 is 1.31 bits per heavy atom. The zero-order valence-electron chi connectivity index (χ0n) is 7.80. The third kappa shape index (κ3) is 2.21. The van der Waals surface area contributed by atoms with Gasteiger partial charge in [0, 0.05) is 11.6 Å². The molecule has 1 aliphatic heterocycles. The molecule has 1 aromatic rings. The Hall–Kier alpha value is -1.43. The monoisotopic (exact) mass is 253 g/mol. The van der Waals surface area contributed by atoms with Crippen molar-refractivity contribution in [3.63, 3.8) is 0 Å². The molecule has 0 unspecified atom stereocenters. The van der Waals surface area contributed by atoms with Gasteiger partial charge in [-0.25, -0.2) is 18.0 Å². The zero-order chi connectivity index (χ0) is 11.0. The normalized spacial score (nSPS) is 18.7. The molecule has 0 spiro atoms. The van der Waals surface area contributed by atoms with Crippen LogP contribution >= 0.6 is 12.4 Å². The lowest BCUT2D eigenvalue weighted by Gasteiger charge is -2.09. The molecule has 1 aromatic carbocycles. The number of cyclic esters (lactones) is 1. The molecule has 0 aromatic heterocycles. The molecule has 1 amide bonds. The second-order valence-electron chi connectivity index (χ2n) is 3.09. The van der Waals surface area contributed by atoms with Gasteiger partial charge in [0.25, 0.3) is 0 Å². The molecule has 0 radical (unpaired) electrons. The molecular weight excluding hydrogens is 247 g/mol. The molecule has 88 valence electrons. The fourth-order valence-corrected chi connectivity index (χ4v) is 1.38. The standard InChI is InChI=1S/C9H6F3NO2.ClH/c10-4-1-5(8(12)6(11)2-4)7-3-15-9(14)13-7;/h1-2,7H,3H2,(H,13,14);1H/t7-;/m1./s1. The summed E-state index contributed by atoms with van der Waals surface area (Å²) < 4.78 is 43.3. The lowest BCUT2D eigenvalue weighted by atomic mass is 10.1. The topological polar surface area (TPSA) is 38.3 Å². The number of carbonyl (C=O) groups is 1. The van der Waals surface area contributed by atoms with Crippen molar-refractivity contribution in [2.45, 2.75) is 6.04 Å². The van der Waals surface area contributed by atoms with E-state index in [1.165, 1.54) is 0 Å². The van der Waals surface area contributed by atoms with E-state index in [0.29, 0.717) is 6.07 Å². The maximum absolute atomic E-state index is 13.2. The van der Waals surface area contributed by atoms with E-state index in [2.05, 4.69) is 10.1 Å². The van der Waals surface area contributed by atoms with Crippen LogP contribution in [0, 0.1) is 17.5 Å². The van der Waals surface area contributed by atoms with Crippen LogP contribution in [-0.4, -0.2) is 12.7 Å². The van der Waals surface area contributed by atoms with Crippen molar-refractivity contribution >= 4 is 18.5 Å². The summed E-state index contributed by atoms with van der Waals surface area (Å²) in [4.78, 5) is 10.7. The largest absolute Gasteiger partial charge is 0.447 e. The fourth-order valence-electron chi connectivity index (χ4n) is 1.38. The van der Waals surface area contributed by atoms with Crippen LogP contribution in [-0.2, 0) is 4.74 Å². The summed E-state index contributed by atoms with van der Waals surface area (Å²) in [7, 11) is 0. The van der Waals surface area contributed by atoms with Gasteiger partial charge in [-0.15, -0.1) is 12.4 Å². The van der Waals surface area contributed by atoms with Crippen molar-refractivity contribution in [2.75, 3.05) is 6.61 Å². The summed E-state index contributed by atoms with van der Waals surface area (Å²) in [6.07, 6.45) is -0.732. The van der Waals surface area contributed by atoms with Gasteiger partial charge < -0.3 is 10.1 Å². The molecule has 1 saturated heterocycles. The van der Waals surface area contributed by atoms with Gasteiger partial charge in [0.15, 0.2) is 11.6 Å².